The van der Waals surface area contributed by atoms with Crippen molar-refractivity contribution in [3.63, 3.8) is 0 Å². The molecule has 2 aromatic rings. The van der Waals surface area contributed by atoms with Gasteiger partial charge in [0.1, 0.15) is 17.5 Å². The number of amides is 1. The zero-order chi connectivity index (χ0) is 18.5. The topological polar surface area (TPSA) is 52.0 Å². The van der Waals surface area contributed by atoms with E-state index < -0.39 is 0 Å². The largest absolute Gasteiger partial charge is 0.497 e. The van der Waals surface area contributed by atoms with E-state index in [0.717, 1.165) is 12.8 Å². The Hall–Kier alpha value is -2.53. The SMILES string of the molecule is COc1ccc(NC(=O)C[NH+](C)[C@H]2CCCc3ccccc32)c(OC)c1. The summed E-state index contributed by atoms with van der Waals surface area (Å²) in [5.74, 6) is 1.27. The minimum Gasteiger partial charge on any atom is -0.497 e. The zero-order valence-corrected chi connectivity index (χ0v) is 15.7. The monoisotopic (exact) mass is 355 g/mol. The number of ether oxygens (including phenoxy) is 2. The fraction of sp³-hybridized carbons (Fsp3) is 0.381. The molecule has 5 heteroatoms. The van der Waals surface area contributed by atoms with Crippen LogP contribution in [-0.4, -0.2) is 33.7 Å². The van der Waals surface area contributed by atoms with Crippen molar-refractivity contribution >= 4 is 11.6 Å². The molecule has 0 heterocycles. The smallest absolute Gasteiger partial charge is 0.279 e. The van der Waals surface area contributed by atoms with Crippen molar-refractivity contribution in [2.75, 3.05) is 33.1 Å². The van der Waals surface area contributed by atoms with E-state index in [1.807, 2.05) is 6.07 Å². The highest BCUT2D eigenvalue weighted by Crippen LogP contribution is 2.29. The number of hydrogen-bond acceptors (Lipinski definition) is 3. The number of aryl methyl sites for hydroxylation is 1. The van der Waals surface area contributed by atoms with Crippen LogP contribution < -0.4 is 19.7 Å². The molecule has 26 heavy (non-hydrogen) atoms. The molecule has 138 valence electrons. The first kappa shape index (κ1) is 18.3. The predicted molar refractivity (Wildman–Crippen MR) is 102 cm³/mol. The molecule has 1 aliphatic rings. The van der Waals surface area contributed by atoms with Gasteiger partial charge < -0.3 is 19.7 Å². The number of anilines is 1. The number of rotatable bonds is 6. The highest BCUT2D eigenvalue weighted by molar-refractivity contribution is 5.93. The Kier molecular flexibility index (Phi) is 5.78. The van der Waals surface area contributed by atoms with Crippen LogP contribution in [0.15, 0.2) is 42.5 Å². The van der Waals surface area contributed by atoms with E-state index in [-0.39, 0.29) is 5.91 Å². The van der Waals surface area contributed by atoms with E-state index in [0.29, 0.717) is 29.8 Å². The molecular weight excluding hydrogens is 328 g/mol. The van der Waals surface area contributed by atoms with Crippen molar-refractivity contribution in [3.8, 4) is 11.5 Å². The van der Waals surface area contributed by atoms with E-state index in [4.69, 9.17) is 9.47 Å². The summed E-state index contributed by atoms with van der Waals surface area (Å²) in [6, 6.07) is 14.3. The summed E-state index contributed by atoms with van der Waals surface area (Å²) in [5.41, 5.74) is 3.46. The number of methoxy groups -OCH3 is 2. The number of carbonyl (C=O) groups excluding carboxylic acids is 1. The molecule has 1 amide bonds. The maximum absolute atomic E-state index is 12.6. The van der Waals surface area contributed by atoms with Gasteiger partial charge in [0.2, 0.25) is 0 Å². The van der Waals surface area contributed by atoms with Gasteiger partial charge >= 0.3 is 0 Å². The van der Waals surface area contributed by atoms with Crippen LogP contribution in [0.25, 0.3) is 0 Å². The molecule has 3 rings (SSSR count). The molecule has 0 saturated carbocycles. The number of nitrogens with one attached hydrogen (secondary N) is 2. The number of fused-ring (bicyclic) bond motifs is 1. The minimum atomic E-state index is -0.0194. The average molecular weight is 355 g/mol. The van der Waals surface area contributed by atoms with Crippen LogP contribution in [-0.2, 0) is 11.2 Å². The number of quaternary nitrogens is 1. The molecule has 0 radical (unpaired) electrons. The Bertz CT molecular complexity index is 776. The molecule has 0 fully saturated rings. The summed E-state index contributed by atoms with van der Waals surface area (Å²) in [7, 11) is 5.28. The van der Waals surface area contributed by atoms with Crippen LogP contribution >= 0.6 is 0 Å². The van der Waals surface area contributed by atoms with Gasteiger partial charge in [-0.1, -0.05) is 24.3 Å². The maximum atomic E-state index is 12.6. The van der Waals surface area contributed by atoms with Crippen molar-refractivity contribution in [2.45, 2.75) is 25.3 Å². The fourth-order valence-electron chi connectivity index (χ4n) is 3.74. The molecule has 0 saturated heterocycles. The Morgan fingerprint density at radius 1 is 1.19 bits per heavy atom. The molecule has 0 aliphatic heterocycles. The highest BCUT2D eigenvalue weighted by atomic mass is 16.5. The lowest BCUT2D eigenvalue weighted by Crippen LogP contribution is -3.10. The molecule has 0 bridgehead atoms. The van der Waals surface area contributed by atoms with Gasteiger partial charge in [-0.05, 0) is 30.5 Å². The third-order valence-electron chi connectivity index (χ3n) is 5.09. The second kappa shape index (κ2) is 8.23. The summed E-state index contributed by atoms with van der Waals surface area (Å²) in [6.45, 7) is 0.411. The molecule has 2 atom stereocenters. The van der Waals surface area contributed by atoms with E-state index in [2.05, 4.69) is 36.6 Å². The highest BCUT2D eigenvalue weighted by Gasteiger charge is 2.28. The quantitative estimate of drug-likeness (QED) is 0.836. The lowest BCUT2D eigenvalue weighted by Gasteiger charge is -2.30. The predicted octanol–water partition coefficient (Wildman–Crippen LogP) is 2.23. The lowest BCUT2D eigenvalue weighted by atomic mass is 9.87. The van der Waals surface area contributed by atoms with Crippen LogP contribution in [0.2, 0.25) is 0 Å². The van der Waals surface area contributed by atoms with Crippen LogP contribution in [0.3, 0.4) is 0 Å². The first-order chi connectivity index (χ1) is 12.6. The molecule has 0 aromatic heterocycles. The first-order valence-corrected chi connectivity index (χ1v) is 9.04. The maximum Gasteiger partial charge on any atom is 0.279 e. The molecule has 1 aliphatic carbocycles. The number of likely N-dealkylation sites (N-methyl/N-ethyl adjacent to an activating group) is 1. The van der Waals surface area contributed by atoms with E-state index in [1.54, 1.807) is 26.4 Å². The van der Waals surface area contributed by atoms with Gasteiger partial charge in [-0.2, -0.15) is 0 Å². The Balaban J connectivity index is 1.67. The van der Waals surface area contributed by atoms with Crippen LogP contribution in [0, 0.1) is 0 Å². The summed E-state index contributed by atoms with van der Waals surface area (Å²) in [5, 5.41) is 2.97. The minimum absolute atomic E-state index is 0.0194. The number of hydrogen-bond donors (Lipinski definition) is 2. The number of benzene rings is 2. The Morgan fingerprint density at radius 3 is 2.77 bits per heavy atom. The van der Waals surface area contributed by atoms with Crippen molar-refractivity contribution in [2.24, 2.45) is 0 Å². The van der Waals surface area contributed by atoms with Crippen LogP contribution in [0.1, 0.15) is 30.0 Å². The van der Waals surface area contributed by atoms with Gasteiger partial charge in [0.25, 0.3) is 5.91 Å². The molecule has 2 aromatic carbocycles. The first-order valence-electron chi connectivity index (χ1n) is 9.04. The van der Waals surface area contributed by atoms with Gasteiger partial charge in [0.15, 0.2) is 6.54 Å². The molecule has 1 unspecified atom stereocenters. The normalized spacial score (nSPS) is 17.1. The van der Waals surface area contributed by atoms with Gasteiger partial charge in [0.05, 0.1) is 27.0 Å². The van der Waals surface area contributed by atoms with Crippen LogP contribution in [0.4, 0.5) is 5.69 Å². The molecule has 0 spiro atoms. The molecule has 2 N–H and O–H groups in total. The zero-order valence-electron chi connectivity index (χ0n) is 15.7. The third-order valence-corrected chi connectivity index (χ3v) is 5.09. The van der Waals surface area contributed by atoms with Gasteiger partial charge in [-0.25, -0.2) is 0 Å². The lowest BCUT2D eigenvalue weighted by molar-refractivity contribution is -0.905. The Morgan fingerprint density at radius 2 is 2.00 bits per heavy atom. The summed E-state index contributed by atoms with van der Waals surface area (Å²) < 4.78 is 10.6. The van der Waals surface area contributed by atoms with Crippen molar-refractivity contribution in [1.82, 2.24) is 0 Å². The summed E-state index contributed by atoms with van der Waals surface area (Å²) in [4.78, 5) is 13.8. The van der Waals surface area contributed by atoms with Gasteiger partial charge in [-0.15, -0.1) is 0 Å². The summed E-state index contributed by atoms with van der Waals surface area (Å²) in [6.07, 6.45) is 3.42. The van der Waals surface area contributed by atoms with Gasteiger partial charge in [-0.3, -0.25) is 4.79 Å². The Labute approximate surface area is 154 Å². The van der Waals surface area contributed by atoms with E-state index >= 15 is 0 Å². The van der Waals surface area contributed by atoms with Gasteiger partial charge in [0, 0.05) is 18.1 Å². The number of carbonyl (C=O) groups is 1. The molecular formula is C21H27N2O3+. The van der Waals surface area contributed by atoms with E-state index in [9.17, 15) is 4.79 Å². The van der Waals surface area contributed by atoms with Crippen molar-refractivity contribution < 1.29 is 19.2 Å². The summed E-state index contributed by atoms with van der Waals surface area (Å²) >= 11 is 0. The third kappa shape index (κ3) is 3.99. The van der Waals surface area contributed by atoms with Crippen molar-refractivity contribution in [3.05, 3.63) is 53.6 Å². The molecule has 5 nitrogen and oxygen atoms in total. The van der Waals surface area contributed by atoms with E-state index in [1.165, 1.54) is 22.4 Å². The average Bonchev–Trinajstić information content (AvgIpc) is 2.67. The van der Waals surface area contributed by atoms with Crippen LogP contribution in [0.5, 0.6) is 11.5 Å². The fourth-order valence-corrected chi connectivity index (χ4v) is 3.74. The second-order valence-electron chi connectivity index (χ2n) is 6.78. The van der Waals surface area contributed by atoms with Crippen molar-refractivity contribution in [1.29, 1.82) is 0 Å². The standard InChI is InChI=1S/C21H26N2O3/c1-23(19-10-6-8-15-7-4-5-9-17(15)19)14-21(24)22-18-12-11-16(25-2)13-20(18)26-3/h4-5,7,9,11-13,19H,6,8,10,14H2,1-3H3,(H,22,24)/p+1/t19-/m0/s1. The second-order valence-corrected chi connectivity index (χ2v) is 6.78.